The van der Waals surface area contributed by atoms with Crippen molar-refractivity contribution in [2.24, 2.45) is 0 Å². The van der Waals surface area contributed by atoms with Crippen molar-refractivity contribution in [3.05, 3.63) is 51.6 Å². The Morgan fingerprint density at radius 1 is 1.24 bits per heavy atom. The Bertz CT molecular complexity index is 796. The number of rotatable bonds is 2. The molecule has 1 aromatic carbocycles. The van der Waals surface area contributed by atoms with E-state index in [1.807, 2.05) is 4.90 Å². The van der Waals surface area contributed by atoms with Gasteiger partial charge in [0, 0.05) is 29.4 Å². The Morgan fingerprint density at radius 3 is 2.80 bits per heavy atom. The fraction of sp³-hybridized carbons (Fsp3) is 0.474. The molecule has 0 radical (unpaired) electrons. The number of aryl methyl sites for hydroxylation is 1. The molecule has 6 heteroatoms. The van der Waals surface area contributed by atoms with Gasteiger partial charge in [-0.1, -0.05) is 11.6 Å². The van der Waals surface area contributed by atoms with Gasteiger partial charge < -0.3 is 4.90 Å². The van der Waals surface area contributed by atoms with Crippen LogP contribution < -0.4 is 0 Å². The molecule has 4 nitrogen and oxygen atoms in total. The lowest BCUT2D eigenvalue weighted by molar-refractivity contribution is 0.0705. The molecule has 1 aromatic heterocycles. The number of nitrogens with one attached hydrogen (secondary N) is 1. The minimum atomic E-state index is -0.263. The number of piperidine rings is 1. The van der Waals surface area contributed by atoms with E-state index in [1.54, 1.807) is 6.07 Å². The average Bonchev–Trinajstić information content (AvgIpc) is 3.07. The average molecular weight is 362 g/mol. The molecule has 1 fully saturated rings. The summed E-state index contributed by atoms with van der Waals surface area (Å²) in [4.78, 5) is 14.7. The standard InChI is InChI=1S/C19H21ClFN3O/c20-16-6-5-13(21)11-15(16)12-7-9-24(10-8-12)19(25)18-14-3-1-2-4-17(14)22-23-18/h5-6,11-12H,1-4,7-10H2,(H,22,23). The number of nitrogens with zero attached hydrogens (tertiary/aromatic N) is 2. The Kier molecular flexibility index (Phi) is 4.50. The molecule has 1 amide bonds. The second kappa shape index (κ2) is 6.79. The number of amides is 1. The number of hydrogen-bond acceptors (Lipinski definition) is 2. The minimum Gasteiger partial charge on any atom is -0.337 e. The van der Waals surface area contributed by atoms with Crippen LogP contribution in [-0.2, 0) is 12.8 Å². The maximum atomic E-state index is 13.5. The van der Waals surface area contributed by atoms with Gasteiger partial charge in [0.15, 0.2) is 5.69 Å². The largest absolute Gasteiger partial charge is 0.337 e. The molecule has 0 spiro atoms. The van der Waals surface area contributed by atoms with Gasteiger partial charge in [-0.3, -0.25) is 9.89 Å². The van der Waals surface area contributed by atoms with E-state index >= 15 is 0 Å². The van der Waals surface area contributed by atoms with Gasteiger partial charge in [0.1, 0.15) is 5.82 Å². The molecule has 4 rings (SSSR count). The maximum absolute atomic E-state index is 13.5. The molecule has 0 saturated carbocycles. The topological polar surface area (TPSA) is 49.0 Å². The van der Waals surface area contributed by atoms with Crippen LogP contribution in [0.1, 0.15) is 58.9 Å². The highest BCUT2D eigenvalue weighted by Gasteiger charge is 2.29. The third-order valence-corrected chi connectivity index (χ3v) is 5.78. The number of carbonyl (C=O) groups excluding carboxylic acids is 1. The molecule has 2 heterocycles. The molecule has 2 aromatic rings. The van der Waals surface area contributed by atoms with Gasteiger partial charge in [-0.25, -0.2) is 4.39 Å². The molecule has 2 aliphatic rings. The van der Waals surface area contributed by atoms with Crippen molar-refractivity contribution in [2.45, 2.75) is 44.4 Å². The molecule has 1 saturated heterocycles. The third-order valence-electron chi connectivity index (χ3n) is 5.44. The number of carbonyl (C=O) groups is 1. The first-order chi connectivity index (χ1) is 12.1. The number of H-pyrrole nitrogens is 1. The summed E-state index contributed by atoms with van der Waals surface area (Å²) in [5, 5.41) is 7.93. The van der Waals surface area contributed by atoms with Gasteiger partial charge in [-0.05, 0) is 68.2 Å². The van der Waals surface area contributed by atoms with Crippen LogP contribution in [0.5, 0.6) is 0 Å². The summed E-state index contributed by atoms with van der Waals surface area (Å²) in [5.74, 6) is -0.0513. The van der Waals surface area contributed by atoms with Crippen LogP contribution in [0.3, 0.4) is 0 Å². The summed E-state index contributed by atoms with van der Waals surface area (Å²) in [6, 6.07) is 4.51. The first kappa shape index (κ1) is 16.6. The van der Waals surface area contributed by atoms with Gasteiger partial charge >= 0.3 is 0 Å². The van der Waals surface area contributed by atoms with E-state index in [4.69, 9.17) is 11.6 Å². The molecular formula is C19H21ClFN3O. The zero-order valence-corrected chi connectivity index (χ0v) is 14.8. The molecule has 0 atom stereocenters. The van der Waals surface area contributed by atoms with E-state index in [2.05, 4.69) is 10.2 Å². The first-order valence-electron chi connectivity index (χ1n) is 8.94. The van der Waals surface area contributed by atoms with Crippen LogP contribution in [0, 0.1) is 5.82 Å². The highest BCUT2D eigenvalue weighted by molar-refractivity contribution is 6.31. The Morgan fingerprint density at radius 2 is 2.00 bits per heavy atom. The predicted molar refractivity (Wildman–Crippen MR) is 94.5 cm³/mol. The van der Waals surface area contributed by atoms with Crippen LogP contribution >= 0.6 is 11.6 Å². The zero-order chi connectivity index (χ0) is 17.4. The molecule has 1 aliphatic carbocycles. The van der Waals surface area contributed by atoms with Gasteiger partial charge in [0.2, 0.25) is 0 Å². The SMILES string of the molecule is O=C(c1n[nH]c2c1CCCC2)N1CCC(c2cc(F)ccc2Cl)CC1. The van der Waals surface area contributed by atoms with Gasteiger partial charge in [-0.15, -0.1) is 0 Å². The van der Waals surface area contributed by atoms with Gasteiger partial charge in [0.05, 0.1) is 0 Å². The summed E-state index contributed by atoms with van der Waals surface area (Å²) < 4.78 is 13.5. The highest BCUT2D eigenvalue weighted by atomic mass is 35.5. The lowest BCUT2D eigenvalue weighted by atomic mass is 9.89. The summed E-state index contributed by atoms with van der Waals surface area (Å²) in [6.45, 7) is 1.30. The second-order valence-electron chi connectivity index (χ2n) is 6.97. The second-order valence-corrected chi connectivity index (χ2v) is 7.38. The number of halogens is 2. The number of benzene rings is 1. The van der Waals surface area contributed by atoms with Crippen molar-refractivity contribution >= 4 is 17.5 Å². The molecule has 1 N–H and O–H groups in total. The Labute approximate surface area is 151 Å². The lowest BCUT2D eigenvalue weighted by Crippen LogP contribution is -2.38. The van der Waals surface area contributed by atoms with Crippen LogP contribution in [-0.4, -0.2) is 34.1 Å². The van der Waals surface area contributed by atoms with Crippen LogP contribution in [0.15, 0.2) is 18.2 Å². The molecule has 25 heavy (non-hydrogen) atoms. The Balaban J connectivity index is 1.46. The minimum absolute atomic E-state index is 0.0168. The summed E-state index contributed by atoms with van der Waals surface area (Å²) in [6.07, 6.45) is 5.77. The van der Waals surface area contributed by atoms with Crippen LogP contribution in [0.25, 0.3) is 0 Å². The van der Waals surface area contributed by atoms with Crippen LogP contribution in [0.4, 0.5) is 4.39 Å². The van der Waals surface area contributed by atoms with E-state index in [0.29, 0.717) is 23.8 Å². The smallest absolute Gasteiger partial charge is 0.274 e. The van der Waals surface area contributed by atoms with Crippen molar-refractivity contribution < 1.29 is 9.18 Å². The lowest BCUT2D eigenvalue weighted by Gasteiger charge is -2.32. The van der Waals surface area contributed by atoms with E-state index in [9.17, 15) is 9.18 Å². The number of aromatic nitrogens is 2. The normalized spacial score (nSPS) is 18.2. The molecule has 132 valence electrons. The molecule has 1 aliphatic heterocycles. The van der Waals surface area contributed by atoms with E-state index in [1.165, 1.54) is 12.1 Å². The van der Waals surface area contributed by atoms with Crippen molar-refractivity contribution in [1.29, 1.82) is 0 Å². The summed E-state index contributed by atoms with van der Waals surface area (Å²) in [5.41, 5.74) is 3.67. The quantitative estimate of drug-likeness (QED) is 0.875. The van der Waals surface area contributed by atoms with E-state index in [-0.39, 0.29) is 17.6 Å². The fourth-order valence-corrected chi connectivity index (χ4v) is 4.30. The number of fused-ring (bicyclic) bond motifs is 1. The molecule has 0 unspecified atom stereocenters. The van der Waals surface area contributed by atoms with Crippen molar-refractivity contribution in [3.8, 4) is 0 Å². The summed E-state index contributed by atoms with van der Waals surface area (Å²) in [7, 11) is 0. The number of aromatic amines is 1. The van der Waals surface area contributed by atoms with Gasteiger partial charge in [0.25, 0.3) is 5.91 Å². The van der Waals surface area contributed by atoms with E-state index in [0.717, 1.165) is 55.3 Å². The van der Waals surface area contributed by atoms with Crippen molar-refractivity contribution in [3.63, 3.8) is 0 Å². The summed E-state index contributed by atoms with van der Waals surface area (Å²) >= 11 is 6.23. The predicted octanol–water partition coefficient (Wildman–Crippen LogP) is 4.10. The van der Waals surface area contributed by atoms with Crippen LogP contribution in [0.2, 0.25) is 5.02 Å². The molecular weight excluding hydrogens is 341 g/mol. The number of hydrogen-bond donors (Lipinski definition) is 1. The molecule has 0 bridgehead atoms. The van der Waals surface area contributed by atoms with Gasteiger partial charge in [-0.2, -0.15) is 5.10 Å². The van der Waals surface area contributed by atoms with Crippen molar-refractivity contribution in [1.82, 2.24) is 15.1 Å². The maximum Gasteiger partial charge on any atom is 0.274 e. The highest BCUT2D eigenvalue weighted by Crippen LogP contribution is 2.34. The third kappa shape index (κ3) is 3.17. The first-order valence-corrected chi connectivity index (χ1v) is 9.31. The fourth-order valence-electron chi connectivity index (χ4n) is 4.03. The monoisotopic (exact) mass is 361 g/mol. The van der Waals surface area contributed by atoms with E-state index < -0.39 is 0 Å². The van der Waals surface area contributed by atoms with Crippen molar-refractivity contribution in [2.75, 3.05) is 13.1 Å². The zero-order valence-electron chi connectivity index (χ0n) is 14.0. The Hall–Kier alpha value is -1.88. The number of likely N-dealkylation sites (tertiary alicyclic amines) is 1.